The fourth-order valence-corrected chi connectivity index (χ4v) is 12.6. The number of carbonyl (C=O) groups is 1. The van der Waals surface area contributed by atoms with Crippen LogP contribution < -0.4 is 0 Å². The standard InChI is InChI=1S/C47H72O20/c1-20-41(65-36-15-31(56-7)43(22(3)61-36)67-45-40(53)39(52)38(51)32(17-48)64-45)27(49)13-34(59-20)66-42-21(2)60-35(14-30(42)55-6)62-29-12-24-9-10-25-26(46(24,4)16-28(29)50)11-8-23-18-57-47(5)37(23)33(19-58-47)63-44(25)54/h9,18,20-22,25-43,45,48-53H,8,10-17,19H2,1-7H3. The molecule has 20 heteroatoms. The molecule has 7 aliphatic heterocycles. The Labute approximate surface area is 390 Å². The predicted octanol–water partition coefficient (Wildman–Crippen LogP) is 0.829. The smallest absolute Gasteiger partial charge is 0.309 e. The summed E-state index contributed by atoms with van der Waals surface area (Å²) in [6.07, 6.45) is -9.91. The predicted molar refractivity (Wildman–Crippen MR) is 227 cm³/mol. The molecule has 20 nitrogen and oxygen atoms in total. The van der Waals surface area contributed by atoms with Crippen LogP contribution in [-0.2, 0) is 66.4 Å². The molecule has 67 heavy (non-hydrogen) atoms. The molecule has 0 radical (unpaired) electrons. The average Bonchev–Trinajstić information content (AvgIpc) is 3.81. The zero-order chi connectivity index (χ0) is 47.7. The molecule has 9 aliphatic rings. The maximum atomic E-state index is 13.8. The second-order valence-corrected chi connectivity index (χ2v) is 20.5. The Hall–Kier alpha value is -1.93. The van der Waals surface area contributed by atoms with Crippen molar-refractivity contribution in [1.29, 1.82) is 0 Å². The molecule has 0 aromatic heterocycles. The summed E-state index contributed by atoms with van der Waals surface area (Å²) in [4.78, 5) is 13.8. The van der Waals surface area contributed by atoms with E-state index in [9.17, 15) is 35.4 Å². The van der Waals surface area contributed by atoms with E-state index in [1.807, 2.05) is 13.8 Å². The van der Waals surface area contributed by atoms with Crippen LogP contribution in [0.25, 0.3) is 0 Å². The van der Waals surface area contributed by atoms with Gasteiger partial charge in [0.15, 0.2) is 25.2 Å². The summed E-state index contributed by atoms with van der Waals surface area (Å²) in [5.74, 6) is -1.52. The van der Waals surface area contributed by atoms with Gasteiger partial charge in [0.1, 0.15) is 48.8 Å². The van der Waals surface area contributed by atoms with Crippen molar-refractivity contribution in [2.75, 3.05) is 27.4 Å². The lowest BCUT2D eigenvalue weighted by Gasteiger charge is -2.52. The van der Waals surface area contributed by atoms with Gasteiger partial charge in [-0.25, -0.2) is 0 Å². The Balaban J connectivity index is 0.768. The summed E-state index contributed by atoms with van der Waals surface area (Å²) >= 11 is 0. The molecule has 380 valence electrons. The summed E-state index contributed by atoms with van der Waals surface area (Å²) in [6.45, 7) is 9.14. The van der Waals surface area contributed by atoms with Gasteiger partial charge in [-0.15, -0.1) is 0 Å². The maximum Gasteiger partial charge on any atom is 0.309 e. The number of methoxy groups -OCH3 is 2. The third-order valence-electron chi connectivity index (χ3n) is 16.3. The molecule has 0 spiro atoms. The topological polar surface area (TPSA) is 258 Å². The maximum absolute atomic E-state index is 13.8. The van der Waals surface area contributed by atoms with Crippen LogP contribution in [0.4, 0.5) is 0 Å². The molecule has 0 aromatic rings. The van der Waals surface area contributed by atoms with Gasteiger partial charge in [-0.1, -0.05) is 18.6 Å². The third kappa shape index (κ3) is 9.51. The van der Waals surface area contributed by atoms with Crippen LogP contribution >= 0.6 is 0 Å². The molecule has 2 aliphatic carbocycles. The number of hydrogen-bond acceptors (Lipinski definition) is 20. The van der Waals surface area contributed by atoms with Crippen molar-refractivity contribution in [3.05, 3.63) is 23.5 Å². The quantitative estimate of drug-likeness (QED) is 0.124. The Morgan fingerprint density at radius 2 is 1.37 bits per heavy atom. The Morgan fingerprint density at radius 1 is 0.746 bits per heavy atom. The molecule has 25 atom stereocenters. The number of fused-ring (bicyclic) bond motifs is 3. The molecular formula is C47H72O20. The lowest BCUT2D eigenvalue weighted by Crippen LogP contribution is -2.62. The van der Waals surface area contributed by atoms with Crippen LogP contribution in [0.5, 0.6) is 0 Å². The van der Waals surface area contributed by atoms with E-state index in [-0.39, 0.29) is 42.7 Å². The van der Waals surface area contributed by atoms with Gasteiger partial charge >= 0.3 is 5.97 Å². The Morgan fingerprint density at radius 3 is 2.03 bits per heavy atom. The van der Waals surface area contributed by atoms with Crippen LogP contribution in [0, 0.1) is 23.2 Å². The minimum atomic E-state index is -1.60. The van der Waals surface area contributed by atoms with Crippen molar-refractivity contribution < 1.29 is 97.0 Å². The first-order valence-corrected chi connectivity index (χ1v) is 24.2. The second kappa shape index (κ2) is 19.9. The first-order chi connectivity index (χ1) is 31.9. The summed E-state index contributed by atoms with van der Waals surface area (Å²) in [5.41, 5.74) is 1.84. The fourth-order valence-electron chi connectivity index (χ4n) is 12.6. The van der Waals surface area contributed by atoms with Gasteiger partial charge in [-0.3, -0.25) is 4.79 Å². The molecule has 0 amide bonds. The van der Waals surface area contributed by atoms with Gasteiger partial charge < -0.3 is 92.2 Å². The third-order valence-corrected chi connectivity index (χ3v) is 16.3. The molecular weight excluding hydrogens is 884 g/mol. The zero-order valence-electron chi connectivity index (χ0n) is 39.4. The van der Waals surface area contributed by atoms with Crippen LogP contribution in [0.2, 0.25) is 0 Å². The highest BCUT2D eigenvalue weighted by molar-refractivity contribution is 5.74. The second-order valence-electron chi connectivity index (χ2n) is 20.5. The lowest BCUT2D eigenvalue weighted by molar-refractivity contribution is -0.356. The van der Waals surface area contributed by atoms with Gasteiger partial charge in [0.05, 0.1) is 80.1 Å². The molecule has 9 rings (SSSR count). The van der Waals surface area contributed by atoms with Gasteiger partial charge in [0, 0.05) is 40.4 Å². The first kappa shape index (κ1) is 50.0. The zero-order valence-corrected chi connectivity index (χ0v) is 39.4. The van der Waals surface area contributed by atoms with E-state index in [4.69, 9.17) is 61.6 Å². The van der Waals surface area contributed by atoms with Crippen LogP contribution in [0.15, 0.2) is 23.5 Å². The largest absolute Gasteiger partial charge is 0.469 e. The van der Waals surface area contributed by atoms with E-state index in [0.29, 0.717) is 32.3 Å². The van der Waals surface area contributed by atoms with Crippen LogP contribution in [0.3, 0.4) is 0 Å². The monoisotopic (exact) mass is 956 g/mol. The summed E-state index contributed by atoms with van der Waals surface area (Å²) < 4.78 is 79.5. The lowest BCUT2D eigenvalue weighted by atomic mass is 9.55. The number of rotatable bonds is 11. The number of carbonyl (C=O) groups excluding carboxylic acids is 1. The van der Waals surface area contributed by atoms with E-state index in [0.717, 1.165) is 18.4 Å². The SMILES string of the molecule is COC1CC(OC2CC3=CCC4C(=O)OC5COC6(C)OC=C(CCC4C3(C)CC2O)C56)OC(C)C1OC1CC(O)C(OC2CC(OC)C(OC3OC(CO)C(O)C(O)C3O)C(C)O2)C(C)O1. The Kier molecular flexibility index (Phi) is 14.9. The van der Waals surface area contributed by atoms with Gasteiger partial charge in [0.2, 0.25) is 5.79 Å². The normalized spacial score (nSPS) is 52.3. The van der Waals surface area contributed by atoms with E-state index in [2.05, 4.69) is 13.0 Å². The fraction of sp³-hybridized carbons (Fsp3) is 0.894. The van der Waals surface area contributed by atoms with Crippen molar-refractivity contribution in [2.24, 2.45) is 23.2 Å². The highest BCUT2D eigenvalue weighted by Gasteiger charge is 2.59. The van der Waals surface area contributed by atoms with E-state index in [1.165, 1.54) is 12.7 Å². The van der Waals surface area contributed by atoms with Crippen molar-refractivity contribution in [1.82, 2.24) is 0 Å². The summed E-state index contributed by atoms with van der Waals surface area (Å²) in [6, 6.07) is 0. The molecule has 1 saturated carbocycles. The number of aliphatic hydroxyl groups is 6. The van der Waals surface area contributed by atoms with E-state index >= 15 is 0 Å². The number of allylic oxidation sites excluding steroid dienone is 1. The van der Waals surface area contributed by atoms with Crippen molar-refractivity contribution in [3.8, 4) is 0 Å². The van der Waals surface area contributed by atoms with E-state index < -0.39 is 135 Å². The molecule has 0 bridgehead atoms. The summed E-state index contributed by atoms with van der Waals surface area (Å²) in [5, 5.41) is 63.8. The average molecular weight is 957 g/mol. The molecule has 7 heterocycles. The van der Waals surface area contributed by atoms with Crippen LogP contribution in [0.1, 0.15) is 86.0 Å². The van der Waals surface area contributed by atoms with Gasteiger partial charge in [-0.2, -0.15) is 0 Å². The molecule has 6 N–H and O–H groups in total. The van der Waals surface area contributed by atoms with Crippen molar-refractivity contribution in [3.63, 3.8) is 0 Å². The Bertz CT molecular complexity index is 1790. The van der Waals surface area contributed by atoms with Gasteiger partial charge in [-0.05, 0) is 69.8 Å². The minimum absolute atomic E-state index is 0.0362. The van der Waals surface area contributed by atoms with Crippen molar-refractivity contribution >= 4 is 5.97 Å². The van der Waals surface area contributed by atoms with Crippen molar-refractivity contribution in [2.45, 2.75) is 215 Å². The first-order valence-electron chi connectivity index (χ1n) is 24.2. The number of hydrogen-bond donors (Lipinski definition) is 6. The molecule has 25 unspecified atom stereocenters. The number of esters is 1. The highest BCUT2D eigenvalue weighted by Crippen LogP contribution is 2.57. The molecule has 7 fully saturated rings. The van der Waals surface area contributed by atoms with E-state index in [1.54, 1.807) is 27.2 Å². The summed E-state index contributed by atoms with van der Waals surface area (Å²) in [7, 11) is 3.08. The number of ether oxygens (including phenoxy) is 13. The highest BCUT2D eigenvalue weighted by atomic mass is 16.8. The number of aliphatic hydroxyl groups excluding tert-OH is 6. The molecule has 6 saturated heterocycles. The van der Waals surface area contributed by atoms with Gasteiger partial charge in [0.25, 0.3) is 0 Å². The molecule has 0 aromatic carbocycles. The van der Waals surface area contributed by atoms with Crippen LogP contribution in [-0.4, -0.2) is 193 Å². The minimum Gasteiger partial charge on any atom is -0.469 e.